The SMILES string of the molecule is NC(=O)CC[C@@H](NC(=O)N1CCc2ccccc21)C(=O)O. The van der Waals surface area contributed by atoms with Crippen LogP contribution in [0.25, 0.3) is 0 Å². The number of amides is 3. The molecule has 0 bridgehead atoms. The molecule has 0 aliphatic carbocycles. The lowest BCUT2D eigenvalue weighted by Gasteiger charge is -2.21. The van der Waals surface area contributed by atoms with Crippen LogP contribution in [0.5, 0.6) is 0 Å². The molecule has 0 unspecified atom stereocenters. The van der Waals surface area contributed by atoms with Gasteiger partial charge in [0.1, 0.15) is 6.04 Å². The molecular weight excluding hydrogens is 274 g/mol. The number of fused-ring (bicyclic) bond motifs is 1. The van der Waals surface area contributed by atoms with Gasteiger partial charge in [0, 0.05) is 18.7 Å². The van der Waals surface area contributed by atoms with Gasteiger partial charge in [0.2, 0.25) is 5.91 Å². The van der Waals surface area contributed by atoms with Gasteiger partial charge in [-0.3, -0.25) is 9.69 Å². The lowest BCUT2D eigenvalue weighted by atomic mass is 10.1. The van der Waals surface area contributed by atoms with E-state index in [0.29, 0.717) is 6.54 Å². The number of nitrogens with one attached hydrogen (secondary N) is 1. The summed E-state index contributed by atoms with van der Waals surface area (Å²) in [5, 5.41) is 11.5. The normalized spacial score (nSPS) is 14.4. The van der Waals surface area contributed by atoms with Gasteiger partial charge in [0.15, 0.2) is 0 Å². The van der Waals surface area contributed by atoms with E-state index in [2.05, 4.69) is 5.32 Å². The minimum absolute atomic E-state index is 0.0219. The highest BCUT2D eigenvalue weighted by Crippen LogP contribution is 2.27. The number of carbonyl (C=O) groups is 3. The number of carbonyl (C=O) groups excluding carboxylic acids is 2. The van der Waals surface area contributed by atoms with E-state index >= 15 is 0 Å². The fourth-order valence-electron chi connectivity index (χ4n) is 2.32. The molecule has 7 heteroatoms. The van der Waals surface area contributed by atoms with Crippen molar-refractivity contribution >= 4 is 23.6 Å². The molecule has 1 heterocycles. The number of hydrogen-bond donors (Lipinski definition) is 3. The van der Waals surface area contributed by atoms with Gasteiger partial charge in [-0.25, -0.2) is 9.59 Å². The van der Waals surface area contributed by atoms with Crippen LogP contribution in [0, 0.1) is 0 Å². The van der Waals surface area contributed by atoms with Crippen LogP contribution in [0.2, 0.25) is 0 Å². The van der Waals surface area contributed by atoms with Crippen LogP contribution in [0.3, 0.4) is 0 Å². The first-order valence-electron chi connectivity index (χ1n) is 6.66. The van der Waals surface area contributed by atoms with E-state index in [0.717, 1.165) is 17.7 Å². The molecule has 0 saturated heterocycles. The molecule has 1 aliphatic rings. The number of hydrogen-bond acceptors (Lipinski definition) is 3. The maximum absolute atomic E-state index is 12.2. The van der Waals surface area contributed by atoms with Gasteiger partial charge in [-0.05, 0) is 24.5 Å². The van der Waals surface area contributed by atoms with E-state index in [1.807, 2.05) is 24.3 Å². The van der Waals surface area contributed by atoms with Gasteiger partial charge in [0.25, 0.3) is 0 Å². The van der Waals surface area contributed by atoms with Crippen molar-refractivity contribution in [1.29, 1.82) is 0 Å². The van der Waals surface area contributed by atoms with Crippen LogP contribution < -0.4 is 16.0 Å². The first-order valence-corrected chi connectivity index (χ1v) is 6.66. The number of rotatable bonds is 5. The van der Waals surface area contributed by atoms with E-state index in [4.69, 9.17) is 10.8 Å². The van der Waals surface area contributed by atoms with Crippen LogP contribution in [0.15, 0.2) is 24.3 Å². The first-order chi connectivity index (χ1) is 9.99. The van der Waals surface area contributed by atoms with Gasteiger partial charge in [-0.2, -0.15) is 0 Å². The van der Waals surface area contributed by atoms with Crippen molar-refractivity contribution in [2.45, 2.75) is 25.3 Å². The average Bonchev–Trinajstić information content (AvgIpc) is 2.86. The van der Waals surface area contributed by atoms with Crippen molar-refractivity contribution in [2.24, 2.45) is 5.73 Å². The Balaban J connectivity index is 2.03. The number of urea groups is 1. The maximum Gasteiger partial charge on any atom is 0.326 e. The molecule has 0 radical (unpaired) electrons. The van der Waals surface area contributed by atoms with Crippen molar-refractivity contribution in [3.63, 3.8) is 0 Å². The summed E-state index contributed by atoms with van der Waals surface area (Å²) in [7, 11) is 0. The smallest absolute Gasteiger partial charge is 0.326 e. The lowest BCUT2D eigenvalue weighted by Crippen LogP contribution is -2.48. The zero-order valence-electron chi connectivity index (χ0n) is 11.4. The number of para-hydroxylation sites is 1. The second-order valence-corrected chi connectivity index (χ2v) is 4.88. The number of aliphatic carboxylic acids is 1. The molecule has 1 atom stereocenters. The van der Waals surface area contributed by atoms with Crippen LogP contribution in [-0.2, 0) is 16.0 Å². The van der Waals surface area contributed by atoms with Crippen LogP contribution in [-0.4, -0.2) is 35.6 Å². The quantitative estimate of drug-likeness (QED) is 0.732. The molecular formula is C14H17N3O4. The fourth-order valence-corrected chi connectivity index (χ4v) is 2.32. The molecule has 1 aromatic carbocycles. The first kappa shape index (κ1) is 14.8. The predicted molar refractivity (Wildman–Crippen MR) is 75.9 cm³/mol. The van der Waals surface area contributed by atoms with Crippen LogP contribution in [0.1, 0.15) is 18.4 Å². The van der Waals surface area contributed by atoms with E-state index in [9.17, 15) is 14.4 Å². The Hall–Kier alpha value is -2.57. The summed E-state index contributed by atoms with van der Waals surface area (Å²) in [5.41, 5.74) is 6.84. The van der Waals surface area contributed by atoms with Gasteiger partial charge >= 0.3 is 12.0 Å². The van der Waals surface area contributed by atoms with E-state index in [1.165, 1.54) is 4.90 Å². The molecule has 4 N–H and O–H groups in total. The van der Waals surface area contributed by atoms with Crippen molar-refractivity contribution < 1.29 is 19.5 Å². The molecule has 0 spiro atoms. The molecule has 0 fully saturated rings. The second-order valence-electron chi connectivity index (χ2n) is 4.88. The Morgan fingerprint density at radius 2 is 2.05 bits per heavy atom. The third-order valence-electron chi connectivity index (χ3n) is 3.41. The Bertz CT molecular complexity index is 573. The topological polar surface area (TPSA) is 113 Å². The monoisotopic (exact) mass is 291 g/mol. The Morgan fingerprint density at radius 3 is 2.71 bits per heavy atom. The highest BCUT2D eigenvalue weighted by atomic mass is 16.4. The number of carboxylic acid groups (broad SMARTS) is 1. The second kappa shape index (κ2) is 6.25. The maximum atomic E-state index is 12.2. The minimum atomic E-state index is -1.18. The number of benzene rings is 1. The van der Waals surface area contributed by atoms with Gasteiger partial charge in [-0.1, -0.05) is 18.2 Å². The van der Waals surface area contributed by atoms with Crippen molar-refractivity contribution in [3.8, 4) is 0 Å². The predicted octanol–water partition coefficient (Wildman–Crippen LogP) is 0.477. The molecule has 21 heavy (non-hydrogen) atoms. The zero-order valence-corrected chi connectivity index (χ0v) is 11.4. The largest absolute Gasteiger partial charge is 0.480 e. The molecule has 0 aromatic heterocycles. The van der Waals surface area contributed by atoms with Crippen molar-refractivity contribution in [3.05, 3.63) is 29.8 Å². The fraction of sp³-hybridized carbons (Fsp3) is 0.357. The molecule has 112 valence electrons. The zero-order chi connectivity index (χ0) is 15.4. The van der Waals surface area contributed by atoms with Crippen molar-refractivity contribution in [2.75, 3.05) is 11.4 Å². The van der Waals surface area contributed by atoms with Gasteiger partial charge < -0.3 is 16.2 Å². The van der Waals surface area contributed by atoms with Gasteiger partial charge in [-0.15, -0.1) is 0 Å². The molecule has 1 aliphatic heterocycles. The van der Waals surface area contributed by atoms with Gasteiger partial charge in [0.05, 0.1) is 0 Å². The molecule has 0 saturated carbocycles. The molecule has 2 rings (SSSR count). The standard InChI is InChI=1S/C14H17N3O4/c15-12(18)6-5-10(13(19)20)16-14(21)17-8-7-9-3-1-2-4-11(9)17/h1-4,10H,5-8H2,(H2,15,18)(H,16,21)(H,19,20)/t10-/m1/s1. The third-order valence-corrected chi connectivity index (χ3v) is 3.41. The summed E-state index contributed by atoms with van der Waals surface area (Å²) in [4.78, 5) is 35.6. The molecule has 3 amide bonds. The third kappa shape index (κ3) is 3.50. The number of nitrogens with two attached hydrogens (primary N) is 1. The summed E-state index contributed by atoms with van der Waals surface area (Å²) < 4.78 is 0. The van der Waals surface area contributed by atoms with E-state index < -0.39 is 23.9 Å². The number of primary amides is 1. The summed E-state index contributed by atoms with van der Waals surface area (Å²) >= 11 is 0. The summed E-state index contributed by atoms with van der Waals surface area (Å²) in [6.07, 6.45) is 0.627. The molecule has 7 nitrogen and oxygen atoms in total. The van der Waals surface area contributed by atoms with Crippen LogP contribution >= 0.6 is 0 Å². The summed E-state index contributed by atoms with van der Waals surface area (Å²) in [6.45, 7) is 0.507. The number of nitrogens with zero attached hydrogens (tertiary/aromatic N) is 1. The Labute approximate surface area is 121 Å². The van der Waals surface area contributed by atoms with Crippen LogP contribution in [0.4, 0.5) is 10.5 Å². The Morgan fingerprint density at radius 1 is 1.33 bits per heavy atom. The van der Waals surface area contributed by atoms with E-state index in [1.54, 1.807) is 0 Å². The lowest BCUT2D eigenvalue weighted by molar-refractivity contribution is -0.139. The summed E-state index contributed by atoms with van der Waals surface area (Å²) in [6, 6.07) is 5.87. The highest BCUT2D eigenvalue weighted by molar-refractivity contribution is 5.96. The molecule has 1 aromatic rings. The Kier molecular flexibility index (Phi) is 4.42. The van der Waals surface area contributed by atoms with Crippen molar-refractivity contribution in [1.82, 2.24) is 5.32 Å². The highest BCUT2D eigenvalue weighted by Gasteiger charge is 2.28. The number of carboxylic acids is 1. The number of anilines is 1. The summed E-state index contributed by atoms with van der Waals surface area (Å²) in [5.74, 6) is -1.78. The van der Waals surface area contributed by atoms with E-state index in [-0.39, 0.29) is 12.8 Å². The average molecular weight is 291 g/mol. The minimum Gasteiger partial charge on any atom is -0.480 e.